The molecule has 1 aromatic heterocycles. The molecule has 112 valence electrons. The molecule has 0 N–H and O–H groups in total. The first-order chi connectivity index (χ1) is 10.2. The second kappa shape index (κ2) is 6.08. The molecule has 1 saturated heterocycles. The number of morpholine rings is 1. The molecule has 2 aromatic rings. The second-order valence-electron chi connectivity index (χ2n) is 5.40. The van der Waals surface area contributed by atoms with Gasteiger partial charge in [0.25, 0.3) is 0 Å². The van der Waals surface area contributed by atoms with E-state index in [2.05, 4.69) is 24.0 Å². The van der Waals surface area contributed by atoms with Crippen LogP contribution in [-0.4, -0.2) is 35.6 Å². The number of anilines is 1. The number of halogens is 1. The Balaban J connectivity index is 2.08. The molecule has 0 bridgehead atoms. The van der Waals surface area contributed by atoms with Crippen molar-refractivity contribution in [3.63, 3.8) is 0 Å². The largest absolute Gasteiger partial charge is 0.375 e. The molecular formula is C16H20ClN3O. The maximum Gasteiger partial charge on any atom is 0.137 e. The molecule has 3 rings (SSSR count). The van der Waals surface area contributed by atoms with E-state index in [-0.39, 0.29) is 6.10 Å². The first kappa shape index (κ1) is 14.4. The summed E-state index contributed by atoms with van der Waals surface area (Å²) in [7, 11) is 0. The lowest BCUT2D eigenvalue weighted by Crippen LogP contribution is -2.42. The Bertz CT molecular complexity index is 611. The quantitative estimate of drug-likeness (QED) is 0.816. The zero-order valence-electron chi connectivity index (χ0n) is 12.4. The zero-order chi connectivity index (χ0) is 14.8. The normalized spacial score (nSPS) is 19.0. The smallest absolute Gasteiger partial charge is 0.137 e. The Hall–Kier alpha value is -1.52. The van der Waals surface area contributed by atoms with E-state index in [1.165, 1.54) is 0 Å². The number of aromatic nitrogens is 2. The van der Waals surface area contributed by atoms with Crippen molar-refractivity contribution in [2.75, 3.05) is 24.6 Å². The van der Waals surface area contributed by atoms with Gasteiger partial charge in [-0.05, 0) is 26.0 Å². The van der Waals surface area contributed by atoms with Crippen molar-refractivity contribution in [3.8, 4) is 5.69 Å². The number of hydrogen-bond acceptors (Lipinski definition) is 3. The average molecular weight is 306 g/mol. The van der Waals surface area contributed by atoms with Crippen LogP contribution in [0.5, 0.6) is 0 Å². The lowest BCUT2D eigenvalue weighted by Gasteiger charge is -2.33. The number of nitrogens with zero attached hydrogens (tertiary/aromatic N) is 3. The molecule has 21 heavy (non-hydrogen) atoms. The van der Waals surface area contributed by atoms with E-state index in [9.17, 15) is 0 Å². The van der Waals surface area contributed by atoms with Gasteiger partial charge in [-0.2, -0.15) is 5.10 Å². The maximum absolute atomic E-state index is 6.18. The third kappa shape index (κ3) is 2.78. The van der Waals surface area contributed by atoms with Crippen LogP contribution in [0.1, 0.15) is 18.2 Å². The number of benzene rings is 1. The molecule has 0 saturated carbocycles. The van der Waals surface area contributed by atoms with Crippen LogP contribution in [0.2, 0.25) is 0 Å². The minimum Gasteiger partial charge on any atom is -0.375 e. The van der Waals surface area contributed by atoms with Crippen LogP contribution in [0.15, 0.2) is 30.3 Å². The maximum atomic E-state index is 6.18. The van der Waals surface area contributed by atoms with E-state index in [4.69, 9.17) is 21.4 Å². The topological polar surface area (TPSA) is 30.3 Å². The van der Waals surface area contributed by atoms with Gasteiger partial charge in [0, 0.05) is 18.7 Å². The number of alkyl halides is 1. The van der Waals surface area contributed by atoms with Crippen LogP contribution < -0.4 is 4.90 Å². The van der Waals surface area contributed by atoms with Crippen molar-refractivity contribution in [2.24, 2.45) is 0 Å². The summed E-state index contributed by atoms with van der Waals surface area (Å²) in [5, 5.41) is 4.70. The van der Waals surface area contributed by atoms with Crippen molar-refractivity contribution < 1.29 is 4.74 Å². The van der Waals surface area contributed by atoms with Crippen LogP contribution in [0, 0.1) is 6.92 Å². The van der Waals surface area contributed by atoms with Gasteiger partial charge in [0.15, 0.2) is 0 Å². The summed E-state index contributed by atoms with van der Waals surface area (Å²) < 4.78 is 7.66. The van der Waals surface area contributed by atoms with E-state index in [0.29, 0.717) is 5.88 Å². The number of ether oxygens (including phenoxy) is 1. The molecule has 1 unspecified atom stereocenters. The predicted molar refractivity (Wildman–Crippen MR) is 85.5 cm³/mol. The minimum atomic E-state index is 0.223. The van der Waals surface area contributed by atoms with Crippen LogP contribution >= 0.6 is 11.6 Å². The van der Waals surface area contributed by atoms with E-state index in [0.717, 1.165) is 42.5 Å². The van der Waals surface area contributed by atoms with Gasteiger partial charge in [-0.3, -0.25) is 0 Å². The van der Waals surface area contributed by atoms with E-state index < -0.39 is 0 Å². The zero-order valence-corrected chi connectivity index (χ0v) is 13.2. The van der Waals surface area contributed by atoms with Crippen molar-refractivity contribution in [2.45, 2.75) is 25.8 Å². The minimum absolute atomic E-state index is 0.223. The van der Waals surface area contributed by atoms with Crippen LogP contribution in [-0.2, 0) is 10.6 Å². The van der Waals surface area contributed by atoms with Gasteiger partial charge < -0.3 is 9.64 Å². The molecule has 2 heterocycles. The fourth-order valence-electron chi connectivity index (χ4n) is 2.79. The van der Waals surface area contributed by atoms with Gasteiger partial charge in [-0.15, -0.1) is 11.6 Å². The van der Waals surface area contributed by atoms with Crippen molar-refractivity contribution >= 4 is 17.4 Å². The van der Waals surface area contributed by atoms with Gasteiger partial charge in [-0.1, -0.05) is 18.2 Å². The van der Waals surface area contributed by atoms with Gasteiger partial charge in [0.05, 0.1) is 30.0 Å². The predicted octanol–water partition coefficient (Wildman–Crippen LogP) is 3.14. The highest BCUT2D eigenvalue weighted by Crippen LogP contribution is 2.29. The Morgan fingerprint density at radius 1 is 1.33 bits per heavy atom. The van der Waals surface area contributed by atoms with Gasteiger partial charge in [0.2, 0.25) is 0 Å². The Morgan fingerprint density at radius 3 is 2.76 bits per heavy atom. The molecule has 1 aromatic carbocycles. The van der Waals surface area contributed by atoms with Crippen molar-refractivity contribution in [1.82, 2.24) is 9.78 Å². The van der Waals surface area contributed by atoms with Crippen LogP contribution in [0.3, 0.4) is 0 Å². The average Bonchev–Trinajstić information content (AvgIpc) is 2.85. The number of hydrogen-bond donors (Lipinski definition) is 0. The lowest BCUT2D eigenvalue weighted by atomic mass is 10.2. The first-order valence-corrected chi connectivity index (χ1v) is 7.80. The van der Waals surface area contributed by atoms with Crippen molar-refractivity contribution in [3.05, 3.63) is 41.6 Å². The summed E-state index contributed by atoms with van der Waals surface area (Å²) in [6.45, 7) is 6.59. The summed E-state index contributed by atoms with van der Waals surface area (Å²) in [6.07, 6.45) is 0.223. The van der Waals surface area contributed by atoms with E-state index >= 15 is 0 Å². The van der Waals surface area contributed by atoms with Gasteiger partial charge in [-0.25, -0.2) is 4.68 Å². The third-order valence-electron chi connectivity index (χ3n) is 3.83. The molecule has 1 aliphatic heterocycles. The van der Waals surface area contributed by atoms with E-state index in [1.54, 1.807) is 0 Å². The number of rotatable bonds is 3. The molecule has 1 fully saturated rings. The molecular weight excluding hydrogens is 286 g/mol. The fourth-order valence-corrected chi connectivity index (χ4v) is 3.10. The summed E-state index contributed by atoms with van der Waals surface area (Å²) in [5.41, 5.74) is 3.16. The lowest BCUT2D eigenvalue weighted by molar-refractivity contribution is 0.0527. The molecule has 1 aliphatic rings. The molecule has 0 spiro atoms. The third-order valence-corrected chi connectivity index (χ3v) is 4.10. The molecule has 4 nitrogen and oxygen atoms in total. The SMILES string of the molecule is Cc1nn(-c2ccccc2)c(N2CCOC(C)C2)c1CCl. The molecule has 5 heteroatoms. The summed E-state index contributed by atoms with van der Waals surface area (Å²) >= 11 is 6.18. The van der Waals surface area contributed by atoms with Gasteiger partial charge in [0.1, 0.15) is 5.82 Å². The highest BCUT2D eigenvalue weighted by Gasteiger charge is 2.25. The summed E-state index contributed by atoms with van der Waals surface area (Å²) in [5.74, 6) is 1.57. The Morgan fingerprint density at radius 2 is 2.10 bits per heavy atom. The molecule has 0 radical (unpaired) electrons. The molecule has 1 atom stereocenters. The van der Waals surface area contributed by atoms with Gasteiger partial charge >= 0.3 is 0 Å². The molecule has 0 amide bonds. The Kier molecular flexibility index (Phi) is 4.17. The van der Waals surface area contributed by atoms with Crippen LogP contribution in [0.4, 0.5) is 5.82 Å². The monoisotopic (exact) mass is 305 g/mol. The standard InChI is InChI=1S/C16H20ClN3O/c1-12-11-19(8-9-21-12)16-15(10-17)13(2)18-20(16)14-6-4-3-5-7-14/h3-7,12H,8-11H2,1-2H3. The van der Waals surface area contributed by atoms with E-state index in [1.807, 2.05) is 29.8 Å². The number of aryl methyl sites for hydroxylation is 1. The summed E-state index contributed by atoms with van der Waals surface area (Å²) in [6, 6.07) is 10.2. The first-order valence-electron chi connectivity index (χ1n) is 7.27. The summed E-state index contributed by atoms with van der Waals surface area (Å²) in [4.78, 5) is 2.33. The second-order valence-corrected chi connectivity index (χ2v) is 5.66. The van der Waals surface area contributed by atoms with Crippen molar-refractivity contribution in [1.29, 1.82) is 0 Å². The molecule has 0 aliphatic carbocycles. The highest BCUT2D eigenvalue weighted by molar-refractivity contribution is 6.17. The fraction of sp³-hybridized carbons (Fsp3) is 0.438. The highest BCUT2D eigenvalue weighted by atomic mass is 35.5. The van der Waals surface area contributed by atoms with Crippen LogP contribution in [0.25, 0.3) is 5.69 Å². The Labute approximate surface area is 130 Å². The number of para-hydroxylation sites is 1.